The number of aromatic nitrogens is 2. The van der Waals surface area contributed by atoms with Gasteiger partial charge in [0.1, 0.15) is 11.6 Å². The molecule has 24 heavy (non-hydrogen) atoms. The van der Waals surface area contributed by atoms with Gasteiger partial charge in [0.2, 0.25) is 5.95 Å². The molecule has 126 valence electrons. The van der Waals surface area contributed by atoms with Gasteiger partial charge in [-0.3, -0.25) is 0 Å². The van der Waals surface area contributed by atoms with Gasteiger partial charge in [-0.25, -0.2) is 4.98 Å². The highest BCUT2D eigenvalue weighted by Gasteiger charge is 2.28. The maximum Gasteiger partial charge on any atom is 0.222 e. The molecule has 4 rings (SSSR count). The number of hydrogen-bond acceptors (Lipinski definition) is 5. The highest BCUT2D eigenvalue weighted by atomic mass is 16.3. The van der Waals surface area contributed by atoms with Crippen LogP contribution in [0.15, 0.2) is 24.3 Å². The van der Waals surface area contributed by atoms with Crippen LogP contribution in [0.2, 0.25) is 0 Å². The van der Waals surface area contributed by atoms with Gasteiger partial charge in [-0.15, -0.1) is 0 Å². The van der Waals surface area contributed by atoms with Gasteiger partial charge in [0.25, 0.3) is 0 Å². The van der Waals surface area contributed by atoms with Crippen LogP contribution in [-0.4, -0.2) is 28.2 Å². The summed E-state index contributed by atoms with van der Waals surface area (Å²) < 4.78 is 0. The Morgan fingerprint density at radius 3 is 2.75 bits per heavy atom. The second-order valence-corrected chi connectivity index (χ2v) is 7.01. The van der Waals surface area contributed by atoms with Gasteiger partial charge < -0.3 is 15.7 Å². The molecule has 1 saturated heterocycles. The Morgan fingerprint density at radius 2 is 1.92 bits per heavy atom. The third kappa shape index (κ3) is 3.03. The SMILES string of the molecule is Nc1nc2c(c(N3CCC(Cc4ccc(O)cc4)C3)n1)CCCC2. The number of nitrogens with zero attached hydrogens (tertiary/aromatic N) is 3. The number of nitrogen functional groups attached to an aromatic ring is 1. The molecule has 5 nitrogen and oxygen atoms in total. The van der Waals surface area contributed by atoms with Crippen molar-refractivity contribution in [2.75, 3.05) is 23.7 Å². The molecule has 1 aliphatic heterocycles. The van der Waals surface area contributed by atoms with Crippen LogP contribution in [0.3, 0.4) is 0 Å². The van der Waals surface area contributed by atoms with E-state index < -0.39 is 0 Å². The Kier molecular flexibility index (Phi) is 4.00. The van der Waals surface area contributed by atoms with Gasteiger partial charge in [-0.05, 0) is 62.1 Å². The van der Waals surface area contributed by atoms with Crippen LogP contribution < -0.4 is 10.6 Å². The Labute approximate surface area is 142 Å². The Morgan fingerprint density at radius 1 is 1.12 bits per heavy atom. The normalized spacial score (nSPS) is 20.2. The van der Waals surface area contributed by atoms with Crippen molar-refractivity contribution >= 4 is 11.8 Å². The van der Waals surface area contributed by atoms with E-state index in [9.17, 15) is 5.11 Å². The van der Waals surface area contributed by atoms with Crippen LogP contribution in [-0.2, 0) is 19.3 Å². The zero-order chi connectivity index (χ0) is 16.5. The first-order valence-electron chi connectivity index (χ1n) is 8.87. The first kappa shape index (κ1) is 15.2. The number of aromatic hydroxyl groups is 1. The standard InChI is InChI=1S/C19H24N4O/c20-19-21-17-4-2-1-3-16(17)18(22-19)23-10-9-14(12-23)11-13-5-7-15(24)8-6-13/h5-8,14,24H,1-4,9-12H2,(H2,20,21,22). The first-order valence-corrected chi connectivity index (χ1v) is 8.87. The summed E-state index contributed by atoms with van der Waals surface area (Å²) in [6.07, 6.45) is 6.73. The third-order valence-corrected chi connectivity index (χ3v) is 5.22. The van der Waals surface area contributed by atoms with Gasteiger partial charge in [0, 0.05) is 18.7 Å². The molecule has 2 heterocycles. The van der Waals surface area contributed by atoms with E-state index in [0.717, 1.165) is 43.9 Å². The summed E-state index contributed by atoms with van der Waals surface area (Å²) in [5.41, 5.74) is 9.71. The van der Waals surface area contributed by atoms with E-state index in [2.05, 4.69) is 14.9 Å². The van der Waals surface area contributed by atoms with Crippen molar-refractivity contribution in [2.24, 2.45) is 5.92 Å². The average molecular weight is 324 g/mol. The van der Waals surface area contributed by atoms with Crippen molar-refractivity contribution in [2.45, 2.75) is 38.5 Å². The maximum atomic E-state index is 9.41. The fraction of sp³-hybridized carbons (Fsp3) is 0.474. The largest absolute Gasteiger partial charge is 0.508 e. The van der Waals surface area contributed by atoms with E-state index >= 15 is 0 Å². The van der Waals surface area contributed by atoms with Gasteiger partial charge >= 0.3 is 0 Å². The van der Waals surface area contributed by atoms with E-state index in [1.165, 1.54) is 30.4 Å². The molecule has 3 N–H and O–H groups in total. The van der Waals surface area contributed by atoms with E-state index in [-0.39, 0.29) is 0 Å². The Bertz CT molecular complexity index is 729. The lowest BCUT2D eigenvalue weighted by Crippen LogP contribution is -2.25. The van der Waals surface area contributed by atoms with Crippen LogP contribution in [0.5, 0.6) is 5.75 Å². The quantitative estimate of drug-likeness (QED) is 0.908. The molecule has 2 aliphatic rings. The summed E-state index contributed by atoms with van der Waals surface area (Å²) in [4.78, 5) is 11.4. The molecule has 1 atom stereocenters. The minimum atomic E-state index is 0.329. The van der Waals surface area contributed by atoms with Crippen LogP contribution >= 0.6 is 0 Å². The lowest BCUT2D eigenvalue weighted by atomic mass is 9.96. The molecule has 5 heteroatoms. The third-order valence-electron chi connectivity index (χ3n) is 5.22. The van der Waals surface area contributed by atoms with Crippen LogP contribution in [0, 0.1) is 5.92 Å². The second kappa shape index (κ2) is 6.30. The maximum absolute atomic E-state index is 9.41. The molecule has 1 aliphatic carbocycles. The van der Waals surface area contributed by atoms with E-state index in [1.807, 2.05) is 12.1 Å². The summed E-state index contributed by atoms with van der Waals surface area (Å²) >= 11 is 0. The number of benzene rings is 1. The van der Waals surface area contributed by atoms with E-state index in [0.29, 0.717) is 17.6 Å². The molecule has 1 fully saturated rings. The highest BCUT2D eigenvalue weighted by Crippen LogP contribution is 2.32. The van der Waals surface area contributed by atoms with Crippen molar-refractivity contribution in [3.8, 4) is 5.75 Å². The van der Waals surface area contributed by atoms with Crippen molar-refractivity contribution in [3.63, 3.8) is 0 Å². The minimum absolute atomic E-state index is 0.329. The molecule has 1 unspecified atom stereocenters. The number of anilines is 2. The van der Waals surface area contributed by atoms with Gasteiger partial charge in [-0.2, -0.15) is 4.98 Å². The molecule has 2 aromatic rings. The molecule has 0 amide bonds. The summed E-state index contributed by atoms with van der Waals surface area (Å²) in [5, 5.41) is 9.41. The molecule has 0 bridgehead atoms. The molecular weight excluding hydrogens is 300 g/mol. The topological polar surface area (TPSA) is 75.3 Å². The lowest BCUT2D eigenvalue weighted by Gasteiger charge is -2.25. The number of hydrogen-bond donors (Lipinski definition) is 2. The number of phenols is 1. The predicted molar refractivity (Wildman–Crippen MR) is 95.2 cm³/mol. The molecular formula is C19H24N4O. The average Bonchev–Trinajstić information content (AvgIpc) is 3.04. The Balaban J connectivity index is 1.50. The molecule has 0 spiro atoms. The molecule has 1 aromatic heterocycles. The fourth-order valence-electron chi connectivity index (χ4n) is 4.01. The van der Waals surface area contributed by atoms with Gasteiger partial charge in [0.05, 0.1) is 5.69 Å². The fourth-order valence-corrected chi connectivity index (χ4v) is 4.01. The van der Waals surface area contributed by atoms with Gasteiger partial charge in [-0.1, -0.05) is 12.1 Å². The van der Waals surface area contributed by atoms with Gasteiger partial charge in [0.15, 0.2) is 0 Å². The number of aryl methyl sites for hydroxylation is 1. The second-order valence-electron chi connectivity index (χ2n) is 7.01. The summed E-state index contributed by atoms with van der Waals surface area (Å²) in [6.45, 7) is 2.05. The smallest absolute Gasteiger partial charge is 0.222 e. The molecule has 1 aromatic carbocycles. The van der Waals surface area contributed by atoms with Crippen molar-refractivity contribution in [3.05, 3.63) is 41.1 Å². The number of fused-ring (bicyclic) bond motifs is 1. The monoisotopic (exact) mass is 324 g/mol. The predicted octanol–water partition coefficient (Wildman–Crippen LogP) is 2.71. The zero-order valence-corrected chi connectivity index (χ0v) is 13.9. The van der Waals surface area contributed by atoms with Crippen LogP contribution in [0.25, 0.3) is 0 Å². The van der Waals surface area contributed by atoms with Crippen molar-refractivity contribution in [1.29, 1.82) is 0 Å². The summed E-state index contributed by atoms with van der Waals surface area (Å²) in [6, 6.07) is 7.57. The first-order chi connectivity index (χ1) is 11.7. The summed E-state index contributed by atoms with van der Waals surface area (Å²) in [5.74, 6) is 2.43. The number of nitrogens with two attached hydrogens (primary N) is 1. The number of rotatable bonds is 3. The zero-order valence-electron chi connectivity index (χ0n) is 13.9. The van der Waals surface area contributed by atoms with Crippen molar-refractivity contribution in [1.82, 2.24) is 9.97 Å². The van der Waals surface area contributed by atoms with E-state index in [1.54, 1.807) is 12.1 Å². The summed E-state index contributed by atoms with van der Waals surface area (Å²) in [7, 11) is 0. The minimum Gasteiger partial charge on any atom is -0.508 e. The number of phenolic OH excluding ortho intramolecular Hbond substituents is 1. The van der Waals surface area contributed by atoms with Crippen molar-refractivity contribution < 1.29 is 5.11 Å². The Hall–Kier alpha value is -2.30. The van der Waals surface area contributed by atoms with E-state index in [4.69, 9.17) is 5.73 Å². The van der Waals surface area contributed by atoms with Crippen LogP contribution in [0.1, 0.15) is 36.1 Å². The molecule has 0 radical (unpaired) electrons. The highest BCUT2D eigenvalue weighted by molar-refractivity contribution is 5.53. The van der Waals surface area contributed by atoms with Crippen LogP contribution in [0.4, 0.5) is 11.8 Å². The molecule has 0 saturated carbocycles. The lowest BCUT2D eigenvalue weighted by molar-refractivity contribution is 0.474.